The predicted octanol–water partition coefficient (Wildman–Crippen LogP) is 1.65. The van der Waals surface area contributed by atoms with Crippen LogP contribution in [0.5, 0.6) is 0 Å². The molecule has 76 valence electrons. The number of hydrogen-bond donors (Lipinski definition) is 2. The lowest BCUT2D eigenvalue weighted by atomic mass is 10.5. The van der Waals surface area contributed by atoms with Crippen molar-refractivity contribution >= 4 is 22.7 Å². The van der Waals surface area contributed by atoms with Crippen LogP contribution in [0.3, 0.4) is 0 Å². The van der Waals surface area contributed by atoms with Gasteiger partial charge in [0.05, 0.1) is 11.0 Å². The van der Waals surface area contributed by atoms with Gasteiger partial charge in [0.15, 0.2) is 0 Å². The maximum Gasteiger partial charge on any atom is 0.105 e. The fourth-order valence-corrected chi connectivity index (χ4v) is 2.00. The fraction of sp³-hybridized carbons (Fsp3) is 0.400. The summed E-state index contributed by atoms with van der Waals surface area (Å²) in [7, 11) is 0. The average molecular weight is 192 g/mol. The Balaban J connectivity index is 2.78. The van der Waals surface area contributed by atoms with Gasteiger partial charge in [-0.2, -0.15) is 0 Å². The summed E-state index contributed by atoms with van der Waals surface area (Å²) < 4.78 is 4.13. The first kappa shape index (κ1) is 8.99. The number of nitrogens with zero attached hydrogens (tertiary/aromatic N) is 2. The lowest BCUT2D eigenvalue weighted by Gasteiger charge is -2.00. The molecule has 0 aliphatic rings. The zero-order valence-corrected chi connectivity index (χ0v) is 8.62. The molecule has 0 unspecified atom stereocenters. The smallest absolute Gasteiger partial charge is 0.105 e. The summed E-state index contributed by atoms with van der Waals surface area (Å²) in [5, 5.41) is 0. The topological polar surface area (TPSA) is 61.9 Å². The molecule has 0 aromatic carbocycles. The standard InChI is InChI=1S/C10H16N4/c1-3-13-7-5-10(12)14(4-2)8(7)6-9(13)11/h5-6H,3-4,11-12H2,1-2H3. The van der Waals surface area contributed by atoms with Crippen molar-refractivity contribution in [2.45, 2.75) is 26.9 Å². The molecule has 4 nitrogen and oxygen atoms in total. The third-order valence-electron chi connectivity index (χ3n) is 2.67. The van der Waals surface area contributed by atoms with E-state index in [-0.39, 0.29) is 0 Å². The van der Waals surface area contributed by atoms with Crippen molar-refractivity contribution in [3.63, 3.8) is 0 Å². The lowest BCUT2D eigenvalue weighted by molar-refractivity contribution is 0.805. The number of rotatable bonds is 2. The monoisotopic (exact) mass is 192 g/mol. The first-order chi connectivity index (χ1) is 6.69. The van der Waals surface area contributed by atoms with Gasteiger partial charge in [0.1, 0.15) is 11.6 Å². The average Bonchev–Trinajstić information content (AvgIpc) is 2.58. The van der Waals surface area contributed by atoms with E-state index in [1.165, 1.54) is 0 Å². The van der Waals surface area contributed by atoms with Crippen molar-refractivity contribution in [1.82, 2.24) is 9.13 Å². The van der Waals surface area contributed by atoms with Crippen molar-refractivity contribution in [2.24, 2.45) is 0 Å². The van der Waals surface area contributed by atoms with Crippen LogP contribution < -0.4 is 11.5 Å². The summed E-state index contributed by atoms with van der Waals surface area (Å²) in [5.41, 5.74) is 14.0. The van der Waals surface area contributed by atoms with Crippen molar-refractivity contribution in [3.05, 3.63) is 12.1 Å². The highest BCUT2D eigenvalue weighted by molar-refractivity contribution is 5.86. The van der Waals surface area contributed by atoms with Gasteiger partial charge in [0.25, 0.3) is 0 Å². The van der Waals surface area contributed by atoms with Crippen LogP contribution in [-0.4, -0.2) is 9.13 Å². The molecule has 0 bridgehead atoms. The Labute approximate surface area is 83.1 Å². The quantitative estimate of drug-likeness (QED) is 0.760. The first-order valence-corrected chi connectivity index (χ1v) is 4.92. The van der Waals surface area contributed by atoms with E-state index in [4.69, 9.17) is 11.5 Å². The van der Waals surface area contributed by atoms with Gasteiger partial charge in [-0.05, 0) is 13.8 Å². The minimum atomic E-state index is 0.805. The number of hydrogen-bond acceptors (Lipinski definition) is 2. The van der Waals surface area contributed by atoms with Gasteiger partial charge in [0, 0.05) is 25.2 Å². The molecule has 0 atom stereocenters. The Morgan fingerprint density at radius 1 is 0.929 bits per heavy atom. The highest BCUT2D eigenvalue weighted by Crippen LogP contribution is 2.26. The van der Waals surface area contributed by atoms with E-state index in [1.54, 1.807) is 0 Å². The van der Waals surface area contributed by atoms with E-state index in [0.29, 0.717) is 0 Å². The summed E-state index contributed by atoms with van der Waals surface area (Å²) >= 11 is 0. The second-order valence-electron chi connectivity index (χ2n) is 3.40. The SMILES string of the molecule is CCn1c(N)cc2c1cc(N)n2CC. The Morgan fingerprint density at radius 2 is 1.29 bits per heavy atom. The highest BCUT2D eigenvalue weighted by Gasteiger charge is 2.11. The van der Waals surface area contributed by atoms with E-state index < -0.39 is 0 Å². The van der Waals surface area contributed by atoms with Gasteiger partial charge in [-0.15, -0.1) is 0 Å². The second-order valence-corrected chi connectivity index (χ2v) is 3.40. The number of nitrogen functional groups attached to an aromatic ring is 2. The molecule has 0 spiro atoms. The van der Waals surface area contributed by atoms with Gasteiger partial charge in [0.2, 0.25) is 0 Å². The number of aryl methyl sites for hydroxylation is 2. The van der Waals surface area contributed by atoms with Crippen molar-refractivity contribution in [3.8, 4) is 0 Å². The Kier molecular flexibility index (Phi) is 1.91. The second kappa shape index (κ2) is 2.97. The number of nitrogens with two attached hydrogens (primary N) is 2. The number of aromatic nitrogens is 2. The van der Waals surface area contributed by atoms with Gasteiger partial charge >= 0.3 is 0 Å². The molecule has 0 aliphatic carbocycles. The summed E-state index contributed by atoms with van der Waals surface area (Å²) in [6, 6.07) is 3.97. The molecule has 2 rings (SSSR count). The maximum atomic E-state index is 5.89. The summed E-state index contributed by atoms with van der Waals surface area (Å²) in [6.07, 6.45) is 0. The molecule has 2 aromatic rings. The molecule has 4 N–H and O–H groups in total. The van der Waals surface area contributed by atoms with Crippen LogP contribution >= 0.6 is 0 Å². The van der Waals surface area contributed by atoms with E-state index in [2.05, 4.69) is 23.0 Å². The van der Waals surface area contributed by atoms with E-state index in [0.717, 1.165) is 35.8 Å². The first-order valence-electron chi connectivity index (χ1n) is 4.92. The zero-order valence-electron chi connectivity index (χ0n) is 8.62. The van der Waals surface area contributed by atoms with Crippen molar-refractivity contribution in [2.75, 3.05) is 11.5 Å². The molecule has 14 heavy (non-hydrogen) atoms. The molecule has 0 saturated carbocycles. The van der Waals surface area contributed by atoms with Crippen molar-refractivity contribution < 1.29 is 0 Å². The summed E-state index contributed by atoms with van der Waals surface area (Å²) in [6.45, 7) is 5.91. The van der Waals surface area contributed by atoms with Gasteiger partial charge in [-0.25, -0.2) is 0 Å². The molecule has 0 fully saturated rings. The Morgan fingerprint density at radius 3 is 1.57 bits per heavy atom. The molecule has 2 aromatic heterocycles. The van der Waals surface area contributed by atoms with Gasteiger partial charge in [-0.1, -0.05) is 0 Å². The van der Waals surface area contributed by atoms with E-state index in [9.17, 15) is 0 Å². The number of fused-ring (bicyclic) bond motifs is 1. The third kappa shape index (κ3) is 0.999. The molecular formula is C10H16N4. The Hall–Kier alpha value is -1.58. The maximum absolute atomic E-state index is 5.89. The van der Waals surface area contributed by atoms with E-state index in [1.807, 2.05) is 12.1 Å². The highest BCUT2D eigenvalue weighted by atomic mass is 15.1. The molecule has 4 heteroatoms. The van der Waals surface area contributed by atoms with Crippen LogP contribution in [0.15, 0.2) is 12.1 Å². The van der Waals surface area contributed by atoms with Crippen molar-refractivity contribution in [1.29, 1.82) is 0 Å². The molecule has 0 aliphatic heterocycles. The summed E-state index contributed by atoms with van der Waals surface area (Å²) in [5.74, 6) is 1.61. The van der Waals surface area contributed by atoms with Crippen LogP contribution in [-0.2, 0) is 13.1 Å². The number of anilines is 2. The minimum absolute atomic E-state index is 0.805. The molecule has 0 radical (unpaired) electrons. The molecule has 2 heterocycles. The normalized spacial score (nSPS) is 11.3. The zero-order chi connectivity index (χ0) is 10.3. The van der Waals surface area contributed by atoms with Crippen LogP contribution in [0.2, 0.25) is 0 Å². The lowest BCUT2D eigenvalue weighted by Crippen LogP contribution is -2.00. The van der Waals surface area contributed by atoms with E-state index >= 15 is 0 Å². The fourth-order valence-electron chi connectivity index (χ4n) is 2.00. The molecule has 0 saturated heterocycles. The van der Waals surface area contributed by atoms with Gasteiger partial charge in [-0.3, -0.25) is 0 Å². The predicted molar refractivity (Wildman–Crippen MR) is 60.1 cm³/mol. The van der Waals surface area contributed by atoms with Crippen LogP contribution in [0.1, 0.15) is 13.8 Å². The molecule has 0 amide bonds. The van der Waals surface area contributed by atoms with Crippen LogP contribution in [0, 0.1) is 0 Å². The largest absolute Gasteiger partial charge is 0.385 e. The summed E-state index contributed by atoms with van der Waals surface area (Å²) in [4.78, 5) is 0. The van der Waals surface area contributed by atoms with Crippen LogP contribution in [0.25, 0.3) is 11.0 Å². The van der Waals surface area contributed by atoms with Gasteiger partial charge < -0.3 is 20.6 Å². The minimum Gasteiger partial charge on any atom is -0.385 e. The molecular weight excluding hydrogens is 176 g/mol. The third-order valence-corrected chi connectivity index (χ3v) is 2.67. The van der Waals surface area contributed by atoms with Crippen LogP contribution in [0.4, 0.5) is 11.6 Å². The Bertz CT molecular complexity index is 420.